The highest BCUT2D eigenvalue weighted by Crippen LogP contribution is 2.28. The molecule has 1 N–H and O–H groups in total. The molecule has 2 heteroatoms. The molecular formula is C13H18N2. The Morgan fingerprint density at radius 1 is 1.20 bits per heavy atom. The van der Waals surface area contributed by atoms with Gasteiger partial charge in [0, 0.05) is 19.1 Å². The van der Waals surface area contributed by atoms with Gasteiger partial charge in [-0.2, -0.15) is 0 Å². The zero-order valence-corrected chi connectivity index (χ0v) is 9.02. The van der Waals surface area contributed by atoms with Crippen molar-refractivity contribution in [2.75, 3.05) is 19.6 Å². The van der Waals surface area contributed by atoms with Crippen molar-refractivity contribution in [1.82, 2.24) is 10.2 Å². The summed E-state index contributed by atoms with van der Waals surface area (Å²) in [6.45, 7) is 4.84. The molecule has 0 unspecified atom stereocenters. The maximum absolute atomic E-state index is 3.50. The topological polar surface area (TPSA) is 15.3 Å². The Hall–Kier alpha value is -0.860. The summed E-state index contributed by atoms with van der Waals surface area (Å²) >= 11 is 0. The van der Waals surface area contributed by atoms with Crippen LogP contribution < -0.4 is 5.32 Å². The third kappa shape index (κ3) is 1.80. The summed E-state index contributed by atoms with van der Waals surface area (Å²) in [5.74, 6) is 0.911. The van der Waals surface area contributed by atoms with Gasteiger partial charge in [-0.1, -0.05) is 30.3 Å². The highest BCUT2D eigenvalue weighted by Gasteiger charge is 2.36. The lowest BCUT2D eigenvalue weighted by Gasteiger charge is -2.22. The second kappa shape index (κ2) is 3.95. The maximum Gasteiger partial charge on any atom is 0.0264 e. The van der Waals surface area contributed by atoms with Gasteiger partial charge in [0.25, 0.3) is 0 Å². The molecule has 0 aromatic heterocycles. The van der Waals surface area contributed by atoms with E-state index in [-0.39, 0.29) is 0 Å². The van der Waals surface area contributed by atoms with E-state index >= 15 is 0 Å². The minimum absolute atomic E-state index is 0.796. The number of hydrogen-bond donors (Lipinski definition) is 1. The summed E-state index contributed by atoms with van der Waals surface area (Å²) in [5.41, 5.74) is 1.45. The molecular weight excluding hydrogens is 184 g/mol. The second-order valence-electron chi connectivity index (χ2n) is 4.73. The van der Waals surface area contributed by atoms with Crippen LogP contribution in [-0.2, 0) is 6.54 Å². The van der Waals surface area contributed by atoms with Crippen LogP contribution >= 0.6 is 0 Å². The number of hydrogen-bond acceptors (Lipinski definition) is 2. The van der Waals surface area contributed by atoms with E-state index in [2.05, 4.69) is 40.5 Å². The molecule has 1 aromatic carbocycles. The van der Waals surface area contributed by atoms with Gasteiger partial charge >= 0.3 is 0 Å². The van der Waals surface area contributed by atoms with Crippen LogP contribution in [0.1, 0.15) is 12.0 Å². The third-order valence-corrected chi connectivity index (χ3v) is 3.79. The van der Waals surface area contributed by atoms with E-state index in [4.69, 9.17) is 0 Å². The van der Waals surface area contributed by atoms with Gasteiger partial charge < -0.3 is 5.32 Å². The molecule has 2 fully saturated rings. The van der Waals surface area contributed by atoms with Crippen molar-refractivity contribution in [3.63, 3.8) is 0 Å². The molecule has 2 heterocycles. The molecule has 0 aliphatic carbocycles. The van der Waals surface area contributed by atoms with E-state index in [1.54, 1.807) is 0 Å². The fourth-order valence-corrected chi connectivity index (χ4v) is 2.95. The highest BCUT2D eigenvalue weighted by molar-refractivity contribution is 5.15. The summed E-state index contributed by atoms with van der Waals surface area (Å²) < 4.78 is 0. The normalized spacial score (nSPS) is 30.7. The molecule has 0 amide bonds. The fourth-order valence-electron chi connectivity index (χ4n) is 2.95. The van der Waals surface area contributed by atoms with E-state index in [1.165, 1.54) is 31.6 Å². The van der Waals surface area contributed by atoms with Crippen LogP contribution in [0.3, 0.4) is 0 Å². The molecule has 1 aromatic rings. The molecule has 15 heavy (non-hydrogen) atoms. The number of benzene rings is 1. The average molecular weight is 202 g/mol. The predicted octanol–water partition coefficient (Wildman–Crippen LogP) is 1.48. The van der Waals surface area contributed by atoms with Crippen molar-refractivity contribution in [3.05, 3.63) is 35.9 Å². The van der Waals surface area contributed by atoms with Gasteiger partial charge in [0.05, 0.1) is 0 Å². The first kappa shape index (κ1) is 9.37. The second-order valence-corrected chi connectivity index (χ2v) is 4.73. The van der Waals surface area contributed by atoms with Crippen LogP contribution in [0.5, 0.6) is 0 Å². The Labute approximate surface area is 91.3 Å². The minimum atomic E-state index is 0.796. The number of rotatable bonds is 2. The lowest BCUT2D eigenvalue weighted by atomic mass is 10.1. The smallest absolute Gasteiger partial charge is 0.0264 e. The molecule has 80 valence electrons. The number of fused-ring (bicyclic) bond motifs is 1. The average Bonchev–Trinajstić information content (AvgIpc) is 2.85. The highest BCUT2D eigenvalue weighted by atomic mass is 15.2. The molecule has 2 saturated heterocycles. The monoisotopic (exact) mass is 202 g/mol. The summed E-state index contributed by atoms with van der Waals surface area (Å²) in [4.78, 5) is 2.64. The zero-order valence-electron chi connectivity index (χ0n) is 9.02. The van der Waals surface area contributed by atoms with Crippen molar-refractivity contribution >= 4 is 0 Å². The lowest BCUT2D eigenvalue weighted by Crippen LogP contribution is -2.33. The molecule has 0 saturated carbocycles. The Kier molecular flexibility index (Phi) is 2.47. The van der Waals surface area contributed by atoms with Crippen molar-refractivity contribution in [2.45, 2.75) is 19.0 Å². The standard InChI is InChI=1S/C13H18N2/c1-2-4-11(5-3-1)10-15-7-6-12-8-14-9-13(12)15/h1-5,12-14H,6-10H2/t12-,13+/m0/s1. The van der Waals surface area contributed by atoms with Crippen LogP contribution in [0.2, 0.25) is 0 Å². The predicted molar refractivity (Wildman–Crippen MR) is 61.6 cm³/mol. The molecule has 2 aliphatic rings. The summed E-state index contributed by atoms with van der Waals surface area (Å²) in [6.07, 6.45) is 1.38. The molecule has 0 radical (unpaired) electrons. The van der Waals surface area contributed by atoms with Crippen molar-refractivity contribution in [1.29, 1.82) is 0 Å². The zero-order chi connectivity index (χ0) is 10.1. The van der Waals surface area contributed by atoms with E-state index in [9.17, 15) is 0 Å². The van der Waals surface area contributed by atoms with Gasteiger partial charge in [-0.25, -0.2) is 0 Å². The molecule has 0 spiro atoms. The van der Waals surface area contributed by atoms with Crippen molar-refractivity contribution < 1.29 is 0 Å². The van der Waals surface area contributed by atoms with E-state index < -0.39 is 0 Å². The quantitative estimate of drug-likeness (QED) is 0.781. The molecule has 3 rings (SSSR count). The Balaban J connectivity index is 1.69. The summed E-state index contributed by atoms with van der Waals surface area (Å²) in [7, 11) is 0. The van der Waals surface area contributed by atoms with E-state index in [1.807, 2.05) is 0 Å². The largest absolute Gasteiger partial charge is 0.315 e. The fraction of sp³-hybridized carbons (Fsp3) is 0.538. The number of likely N-dealkylation sites (tertiary alicyclic amines) is 1. The molecule has 2 nitrogen and oxygen atoms in total. The first-order chi connectivity index (χ1) is 7.43. The number of nitrogens with zero attached hydrogens (tertiary/aromatic N) is 1. The van der Waals surface area contributed by atoms with Crippen LogP contribution in [0.25, 0.3) is 0 Å². The first-order valence-corrected chi connectivity index (χ1v) is 5.92. The van der Waals surface area contributed by atoms with Gasteiger partial charge in [0.2, 0.25) is 0 Å². The van der Waals surface area contributed by atoms with Gasteiger partial charge in [-0.05, 0) is 31.0 Å². The molecule has 2 aliphatic heterocycles. The van der Waals surface area contributed by atoms with Crippen LogP contribution in [-0.4, -0.2) is 30.6 Å². The minimum Gasteiger partial charge on any atom is -0.315 e. The van der Waals surface area contributed by atoms with E-state index in [0.29, 0.717) is 0 Å². The van der Waals surface area contributed by atoms with Gasteiger partial charge in [-0.15, -0.1) is 0 Å². The lowest BCUT2D eigenvalue weighted by molar-refractivity contribution is 0.244. The van der Waals surface area contributed by atoms with Crippen molar-refractivity contribution in [2.24, 2.45) is 5.92 Å². The molecule has 2 atom stereocenters. The summed E-state index contributed by atoms with van der Waals surface area (Å²) in [6, 6.07) is 11.6. The first-order valence-electron chi connectivity index (χ1n) is 5.92. The van der Waals surface area contributed by atoms with Gasteiger partial charge in [-0.3, -0.25) is 4.90 Å². The van der Waals surface area contributed by atoms with Crippen LogP contribution in [0, 0.1) is 5.92 Å². The number of nitrogens with one attached hydrogen (secondary N) is 1. The van der Waals surface area contributed by atoms with Crippen LogP contribution in [0.4, 0.5) is 0 Å². The summed E-state index contributed by atoms with van der Waals surface area (Å²) in [5, 5.41) is 3.50. The van der Waals surface area contributed by atoms with Crippen molar-refractivity contribution in [3.8, 4) is 0 Å². The molecule has 0 bridgehead atoms. The van der Waals surface area contributed by atoms with E-state index in [0.717, 1.165) is 18.5 Å². The SMILES string of the molecule is c1ccc(CN2CC[C@H]3CNC[C@H]32)cc1. The van der Waals surface area contributed by atoms with Gasteiger partial charge in [0.15, 0.2) is 0 Å². The van der Waals surface area contributed by atoms with Gasteiger partial charge in [0.1, 0.15) is 0 Å². The van der Waals surface area contributed by atoms with Crippen LogP contribution in [0.15, 0.2) is 30.3 Å². The maximum atomic E-state index is 3.50. The Morgan fingerprint density at radius 2 is 2.07 bits per heavy atom. The third-order valence-electron chi connectivity index (χ3n) is 3.79. The Morgan fingerprint density at radius 3 is 2.93 bits per heavy atom. The Bertz CT molecular complexity index is 323.